The van der Waals surface area contributed by atoms with Gasteiger partial charge in [0.2, 0.25) is 0 Å². The van der Waals surface area contributed by atoms with Gasteiger partial charge in [-0.2, -0.15) is 0 Å². The molecule has 0 heterocycles. The van der Waals surface area contributed by atoms with Crippen LogP contribution >= 0.6 is 11.8 Å². The Balaban J connectivity index is 2.67. The van der Waals surface area contributed by atoms with Crippen molar-refractivity contribution in [2.45, 2.75) is 37.2 Å². The van der Waals surface area contributed by atoms with Gasteiger partial charge in [-0.1, -0.05) is 41.9 Å². The normalized spacial score (nSPS) is 11.6. The summed E-state index contributed by atoms with van der Waals surface area (Å²) in [7, 11) is 3.15. The molecule has 0 saturated heterocycles. The van der Waals surface area contributed by atoms with Crippen LogP contribution in [-0.4, -0.2) is 45.3 Å². The van der Waals surface area contributed by atoms with Crippen LogP contribution in [0.25, 0.3) is 0 Å². The van der Waals surface area contributed by atoms with Gasteiger partial charge in [-0.15, -0.1) is 11.8 Å². The van der Waals surface area contributed by atoms with Gasteiger partial charge in [0, 0.05) is 38.2 Å². The smallest absolute Gasteiger partial charge is 0.332 e. The third kappa shape index (κ3) is 11.5. The number of carbonyl (C=O) groups excluding carboxylic acids is 1. The summed E-state index contributed by atoms with van der Waals surface area (Å²) in [6.45, 7) is 2.45. The second kappa shape index (κ2) is 15.8. The van der Waals surface area contributed by atoms with Gasteiger partial charge in [0.05, 0.1) is 11.3 Å². The summed E-state index contributed by atoms with van der Waals surface area (Å²) in [6, 6.07) is 10.1. The van der Waals surface area contributed by atoms with E-state index in [0.717, 1.165) is 25.9 Å². The zero-order valence-electron chi connectivity index (χ0n) is 16.8. The molecule has 5 heteroatoms. The third-order valence-electron chi connectivity index (χ3n) is 3.53. The van der Waals surface area contributed by atoms with Crippen LogP contribution < -0.4 is 0 Å². The predicted octanol–water partition coefficient (Wildman–Crippen LogP) is 4.11. The molecule has 0 radical (unpaired) electrons. The molecular formula is C23H28O4S. The number of benzene rings is 1. The number of thioether (sulfide) groups is 1. The van der Waals surface area contributed by atoms with E-state index in [-0.39, 0.29) is 6.61 Å². The maximum absolute atomic E-state index is 11.7. The molecule has 1 aromatic rings. The number of carbonyl (C=O) groups is 1. The van der Waals surface area contributed by atoms with Crippen LogP contribution in [0, 0.1) is 23.7 Å². The largest absolute Gasteiger partial charge is 0.455 e. The van der Waals surface area contributed by atoms with E-state index in [1.54, 1.807) is 31.9 Å². The lowest BCUT2D eigenvalue weighted by Gasteiger charge is -2.12. The van der Waals surface area contributed by atoms with E-state index in [0.29, 0.717) is 11.3 Å². The number of unbranched alkanes of at least 4 members (excludes halogenated alkanes) is 2. The maximum Gasteiger partial charge on any atom is 0.332 e. The van der Waals surface area contributed by atoms with E-state index in [1.165, 1.54) is 12.0 Å². The Morgan fingerprint density at radius 1 is 1.14 bits per heavy atom. The highest BCUT2D eigenvalue weighted by Gasteiger charge is 2.12. The van der Waals surface area contributed by atoms with Crippen LogP contribution in [0.3, 0.4) is 0 Å². The lowest BCUT2D eigenvalue weighted by atomic mass is 10.1. The monoisotopic (exact) mass is 400 g/mol. The van der Waals surface area contributed by atoms with Gasteiger partial charge in [0.15, 0.2) is 0 Å². The fourth-order valence-electron chi connectivity index (χ4n) is 2.10. The number of rotatable bonds is 10. The number of esters is 1. The zero-order chi connectivity index (χ0) is 20.5. The molecular weight excluding hydrogens is 372 g/mol. The quantitative estimate of drug-likeness (QED) is 0.256. The number of ether oxygens (including phenoxy) is 3. The SMILES string of the molecule is COCCCCC#C/C(=C/C#CCSc1ccccc1)C(C)OC(=O)COC. The highest BCUT2D eigenvalue weighted by molar-refractivity contribution is 7.99. The molecule has 0 aliphatic rings. The molecule has 0 aliphatic heterocycles. The molecule has 0 amide bonds. The van der Waals surface area contributed by atoms with E-state index in [2.05, 4.69) is 35.8 Å². The van der Waals surface area contributed by atoms with E-state index in [1.807, 2.05) is 18.2 Å². The first-order valence-corrected chi connectivity index (χ1v) is 10.2. The zero-order valence-corrected chi connectivity index (χ0v) is 17.6. The van der Waals surface area contributed by atoms with Crippen molar-refractivity contribution >= 4 is 17.7 Å². The molecule has 0 bridgehead atoms. The van der Waals surface area contributed by atoms with Crippen molar-refractivity contribution in [3.63, 3.8) is 0 Å². The highest BCUT2D eigenvalue weighted by atomic mass is 32.2. The summed E-state index contributed by atoms with van der Waals surface area (Å²) in [4.78, 5) is 12.8. The highest BCUT2D eigenvalue weighted by Crippen LogP contribution is 2.15. The van der Waals surface area contributed by atoms with Crippen molar-refractivity contribution in [2.75, 3.05) is 33.2 Å². The van der Waals surface area contributed by atoms with Crippen LogP contribution in [-0.2, 0) is 19.0 Å². The Morgan fingerprint density at radius 3 is 2.64 bits per heavy atom. The molecule has 28 heavy (non-hydrogen) atoms. The Morgan fingerprint density at radius 2 is 1.93 bits per heavy atom. The van der Waals surface area contributed by atoms with Crippen LogP contribution in [0.4, 0.5) is 0 Å². The molecule has 0 aliphatic carbocycles. The Labute approximate surface area is 173 Å². The summed E-state index contributed by atoms with van der Waals surface area (Å²) in [6.07, 6.45) is 3.96. The Hall–Kier alpha value is -2.18. The fourth-order valence-corrected chi connectivity index (χ4v) is 2.77. The average Bonchev–Trinajstić information content (AvgIpc) is 2.69. The van der Waals surface area contributed by atoms with Gasteiger partial charge in [-0.25, -0.2) is 4.79 Å². The third-order valence-corrected chi connectivity index (χ3v) is 4.42. The standard InChI is InChI=1S/C23H28O4S/c1-20(27-23(24)19-26-3)21(13-7-4-5-11-17-25-2)14-10-12-18-28-22-15-8-6-9-16-22/h6,8-9,14-16,20H,4-5,11,17-19H2,1-3H3/b21-14-. The minimum atomic E-state index is -0.467. The molecule has 1 atom stereocenters. The first kappa shape index (κ1) is 23.9. The molecule has 1 unspecified atom stereocenters. The lowest BCUT2D eigenvalue weighted by Crippen LogP contribution is -2.20. The van der Waals surface area contributed by atoms with Crippen LogP contribution in [0.1, 0.15) is 26.2 Å². The predicted molar refractivity (Wildman–Crippen MR) is 114 cm³/mol. The molecule has 4 nitrogen and oxygen atoms in total. The Bertz CT molecular complexity index is 720. The molecule has 0 saturated carbocycles. The minimum absolute atomic E-state index is 0.0819. The number of allylic oxidation sites excluding steroid dienone is 1. The summed E-state index contributed by atoms with van der Waals surface area (Å²) >= 11 is 1.67. The average molecular weight is 401 g/mol. The lowest BCUT2D eigenvalue weighted by molar-refractivity contribution is -0.150. The molecule has 0 aromatic heterocycles. The fraction of sp³-hybridized carbons (Fsp3) is 0.435. The summed E-state index contributed by atoms with van der Waals surface area (Å²) in [5.74, 6) is 12.6. The number of methoxy groups -OCH3 is 2. The van der Waals surface area contributed by atoms with Crippen molar-refractivity contribution in [2.24, 2.45) is 0 Å². The molecule has 1 aromatic carbocycles. The molecule has 1 rings (SSSR count). The van der Waals surface area contributed by atoms with Crippen molar-refractivity contribution < 1.29 is 19.0 Å². The van der Waals surface area contributed by atoms with Crippen molar-refractivity contribution in [3.8, 4) is 23.7 Å². The Kier molecular flexibility index (Phi) is 13.5. The number of hydrogen-bond donors (Lipinski definition) is 0. The first-order valence-electron chi connectivity index (χ1n) is 9.20. The topological polar surface area (TPSA) is 44.8 Å². The first-order chi connectivity index (χ1) is 13.7. The minimum Gasteiger partial charge on any atom is -0.455 e. The summed E-state index contributed by atoms with van der Waals surface area (Å²) in [5.41, 5.74) is 0.688. The van der Waals surface area contributed by atoms with Crippen molar-refractivity contribution in [1.82, 2.24) is 0 Å². The van der Waals surface area contributed by atoms with Gasteiger partial charge in [-0.05, 0) is 31.9 Å². The van der Waals surface area contributed by atoms with Gasteiger partial charge >= 0.3 is 5.97 Å². The molecule has 150 valence electrons. The van der Waals surface area contributed by atoms with E-state index >= 15 is 0 Å². The van der Waals surface area contributed by atoms with Crippen LogP contribution in [0.2, 0.25) is 0 Å². The van der Waals surface area contributed by atoms with E-state index < -0.39 is 12.1 Å². The van der Waals surface area contributed by atoms with Gasteiger partial charge in [0.25, 0.3) is 0 Å². The van der Waals surface area contributed by atoms with Gasteiger partial charge < -0.3 is 14.2 Å². The van der Waals surface area contributed by atoms with Crippen molar-refractivity contribution in [1.29, 1.82) is 0 Å². The van der Waals surface area contributed by atoms with Gasteiger partial charge in [0.1, 0.15) is 12.7 Å². The summed E-state index contributed by atoms with van der Waals surface area (Å²) in [5, 5.41) is 0. The van der Waals surface area contributed by atoms with Crippen molar-refractivity contribution in [3.05, 3.63) is 42.0 Å². The van der Waals surface area contributed by atoms with E-state index in [4.69, 9.17) is 14.2 Å². The second-order valence-electron chi connectivity index (χ2n) is 5.84. The molecule has 0 fully saturated rings. The summed E-state index contributed by atoms with van der Waals surface area (Å²) < 4.78 is 15.2. The number of hydrogen-bond acceptors (Lipinski definition) is 5. The van der Waals surface area contributed by atoms with E-state index in [9.17, 15) is 4.79 Å². The van der Waals surface area contributed by atoms with Crippen LogP contribution in [0.5, 0.6) is 0 Å². The molecule has 0 spiro atoms. The molecule has 0 N–H and O–H groups in total. The van der Waals surface area contributed by atoms with Gasteiger partial charge in [-0.3, -0.25) is 0 Å². The van der Waals surface area contributed by atoms with Crippen LogP contribution in [0.15, 0.2) is 46.9 Å². The maximum atomic E-state index is 11.7. The second-order valence-corrected chi connectivity index (χ2v) is 6.89.